The number of hydrogen-bond acceptors (Lipinski definition) is 4. The van der Waals surface area contributed by atoms with E-state index in [-0.39, 0.29) is 31.4 Å². The Morgan fingerprint density at radius 2 is 1.62 bits per heavy atom. The fourth-order valence-corrected chi connectivity index (χ4v) is 5.50. The number of para-hydroxylation sites is 1. The van der Waals surface area contributed by atoms with Gasteiger partial charge in [-0.15, -0.1) is 24.8 Å². The first kappa shape index (κ1) is 27.1. The highest BCUT2D eigenvalue weighted by molar-refractivity contribution is 7.99. The number of benzene rings is 2. The standard InChI is InChI=1S/C23H27F3N2OS.2ClH/c24-23(25,26)18-7-8-22-20(16-18)28(19-5-1-2-6-21(19)30-22)11-3-4-17-9-12-27(13-10-17)14-15-29;;/h1-2,5-8,16-17,29H,3-4,9-15H2;2*1H. The van der Waals surface area contributed by atoms with Crippen LogP contribution in [0.25, 0.3) is 0 Å². The van der Waals surface area contributed by atoms with E-state index in [2.05, 4.69) is 9.80 Å². The minimum absolute atomic E-state index is 0. The maximum atomic E-state index is 13.3. The van der Waals surface area contributed by atoms with Crippen LogP contribution in [-0.2, 0) is 6.18 Å². The van der Waals surface area contributed by atoms with E-state index in [1.54, 1.807) is 6.07 Å². The van der Waals surface area contributed by atoms with E-state index in [0.29, 0.717) is 18.2 Å². The molecule has 2 aliphatic rings. The third kappa shape index (κ3) is 6.26. The van der Waals surface area contributed by atoms with Crippen LogP contribution in [0.2, 0.25) is 0 Å². The molecule has 2 aliphatic heterocycles. The Balaban J connectivity index is 0.00000181. The molecule has 0 saturated carbocycles. The maximum absolute atomic E-state index is 13.3. The smallest absolute Gasteiger partial charge is 0.395 e. The van der Waals surface area contributed by atoms with E-state index in [4.69, 9.17) is 5.11 Å². The van der Waals surface area contributed by atoms with Gasteiger partial charge < -0.3 is 14.9 Å². The van der Waals surface area contributed by atoms with Gasteiger partial charge in [0.2, 0.25) is 0 Å². The molecule has 178 valence electrons. The van der Waals surface area contributed by atoms with Gasteiger partial charge in [0.1, 0.15) is 0 Å². The molecular weight excluding hydrogens is 480 g/mol. The lowest BCUT2D eigenvalue weighted by Crippen LogP contribution is -2.35. The molecule has 2 aromatic carbocycles. The molecule has 0 spiro atoms. The molecule has 0 unspecified atom stereocenters. The average molecular weight is 509 g/mol. The van der Waals surface area contributed by atoms with Crippen molar-refractivity contribution in [2.45, 2.75) is 41.7 Å². The first-order valence-corrected chi connectivity index (χ1v) is 11.4. The molecule has 3 nitrogen and oxygen atoms in total. The summed E-state index contributed by atoms with van der Waals surface area (Å²) in [5.74, 6) is 0.648. The fourth-order valence-electron chi connectivity index (χ4n) is 4.42. The van der Waals surface area contributed by atoms with Crippen molar-refractivity contribution in [1.82, 2.24) is 4.90 Å². The molecule has 9 heteroatoms. The first-order valence-electron chi connectivity index (χ1n) is 10.5. The van der Waals surface area contributed by atoms with Crippen molar-refractivity contribution in [3.63, 3.8) is 0 Å². The fraction of sp³-hybridized carbons (Fsp3) is 0.478. The van der Waals surface area contributed by atoms with Crippen LogP contribution in [0.1, 0.15) is 31.2 Å². The Hall–Kier alpha value is -1.12. The van der Waals surface area contributed by atoms with E-state index >= 15 is 0 Å². The molecule has 1 N–H and O–H groups in total. The third-order valence-electron chi connectivity index (χ3n) is 6.07. The van der Waals surface area contributed by atoms with E-state index < -0.39 is 11.7 Å². The van der Waals surface area contributed by atoms with Crippen LogP contribution in [0.4, 0.5) is 24.5 Å². The summed E-state index contributed by atoms with van der Waals surface area (Å²) in [5.41, 5.74) is 1.06. The van der Waals surface area contributed by atoms with Crippen molar-refractivity contribution in [3.8, 4) is 0 Å². The number of β-amino-alcohol motifs (C(OH)–C–C–N with tert-alkyl or cyclic N) is 1. The summed E-state index contributed by atoms with van der Waals surface area (Å²) in [6.45, 7) is 3.70. The highest BCUT2D eigenvalue weighted by atomic mass is 35.5. The largest absolute Gasteiger partial charge is 0.416 e. The number of aliphatic hydroxyl groups is 1. The van der Waals surface area contributed by atoms with Gasteiger partial charge in [-0.05, 0) is 75.0 Å². The SMILES string of the molecule is Cl.Cl.OCCN1CCC(CCCN2c3ccccc3Sc3ccc(C(F)(F)F)cc32)CC1. The summed E-state index contributed by atoms with van der Waals surface area (Å²) >= 11 is 1.54. The Labute approximate surface area is 204 Å². The maximum Gasteiger partial charge on any atom is 0.416 e. The first-order chi connectivity index (χ1) is 14.5. The lowest BCUT2D eigenvalue weighted by Gasteiger charge is -2.35. The highest BCUT2D eigenvalue weighted by Gasteiger charge is 2.33. The van der Waals surface area contributed by atoms with Crippen LogP contribution in [-0.4, -0.2) is 42.8 Å². The number of rotatable bonds is 6. The molecule has 1 fully saturated rings. The summed E-state index contributed by atoms with van der Waals surface area (Å²) < 4.78 is 40.0. The normalized spacial score (nSPS) is 16.6. The Morgan fingerprint density at radius 3 is 2.31 bits per heavy atom. The molecular formula is C23H29Cl2F3N2OS. The molecule has 0 aromatic heterocycles. The molecule has 4 rings (SSSR count). The summed E-state index contributed by atoms with van der Waals surface area (Å²) in [6, 6.07) is 12.0. The summed E-state index contributed by atoms with van der Waals surface area (Å²) in [7, 11) is 0. The van der Waals surface area contributed by atoms with Crippen molar-refractivity contribution in [1.29, 1.82) is 0 Å². The molecule has 0 radical (unpaired) electrons. The van der Waals surface area contributed by atoms with E-state index in [1.807, 2.05) is 24.3 Å². The van der Waals surface area contributed by atoms with Gasteiger partial charge in [0.15, 0.2) is 0 Å². The van der Waals surface area contributed by atoms with Crippen molar-refractivity contribution in [3.05, 3.63) is 48.0 Å². The van der Waals surface area contributed by atoms with Crippen molar-refractivity contribution in [2.75, 3.05) is 37.7 Å². The second-order valence-electron chi connectivity index (χ2n) is 8.05. The molecule has 32 heavy (non-hydrogen) atoms. The zero-order valence-corrected chi connectivity index (χ0v) is 20.1. The van der Waals surface area contributed by atoms with Gasteiger partial charge in [0.05, 0.1) is 23.5 Å². The second kappa shape index (κ2) is 11.8. The average Bonchev–Trinajstić information content (AvgIpc) is 2.73. The van der Waals surface area contributed by atoms with Crippen LogP contribution in [0.5, 0.6) is 0 Å². The number of anilines is 2. The van der Waals surface area contributed by atoms with Crippen molar-refractivity contribution in [2.24, 2.45) is 5.92 Å². The molecule has 2 heterocycles. The van der Waals surface area contributed by atoms with Crippen LogP contribution >= 0.6 is 36.6 Å². The Bertz CT molecular complexity index is 877. The highest BCUT2D eigenvalue weighted by Crippen LogP contribution is 2.49. The van der Waals surface area contributed by atoms with Gasteiger partial charge >= 0.3 is 6.18 Å². The van der Waals surface area contributed by atoms with Crippen LogP contribution in [0.15, 0.2) is 52.3 Å². The summed E-state index contributed by atoms with van der Waals surface area (Å²) in [5, 5.41) is 9.08. The quantitative estimate of drug-likeness (QED) is 0.473. The monoisotopic (exact) mass is 508 g/mol. The van der Waals surface area contributed by atoms with Crippen LogP contribution < -0.4 is 4.90 Å². The number of alkyl halides is 3. The Morgan fingerprint density at radius 1 is 0.938 bits per heavy atom. The predicted molar refractivity (Wildman–Crippen MR) is 129 cm³/mol. The number of nitrogens with zero attached hydrogens (tertiary/aromatic N) is 2. The van der Waals surface area contributed by atoms with Crippen LogP contribution in [0.3, 0.4) is 0 Å². The number of aliphatic hydroxyl groups excluding tert-OH is 1. The number of piperidine rings is 1. The zero-order valence-electron chi connectivity index (χ0n) is 17.7. The van der Waals surface area contributed by atoms with E-state index in [9.17, 15) is 13.2 Å². The van der Waals surface area contributed by atoms with E-state index in [1.165, 1.54) is 23.9 Å². The van der Waals surface area contributed by atoms with Gasteiger partial charge in [0, 0.05) is 22.9 Å². The Kier molecular flexibility index (Phi) is 10.0. The minimum Gasteiger partial charge on any atom is -0.395 e. The minimum atomic E-state index is -4.34. The topological polar surface area (TPSA) is 26.7 Å². The number of fused-ring (bicyclic) bond motifs is 2. The van der Waals surface area contributed by atoms with Gasteiger partial charge in [-0.1, -0.05) is 23.9 Å². The molecule has 0 amide bonds. The van der Waals surface area contributed by atoms with Crippen LogP contribution in [0, 0.1) is 5.92 Å². The van der Waals surface area contributed by atoms with E-state index in [0.717, 1.165) is 60.8 Å². The molecule has 0 bridgehead atoms. The molecule has 2 aromatic rings. The lowest BCUT2D eigenvalue weighted by molar-refractivity contribution is -0.137. The molecule has 0 aliphatic carbocycles. The number of likely N-dealkylation sites (tertiary alicyclic amines) is 1. The number of hydrogen-bond donors (Lipinski definition) is 1. The second-order valence-corrected chi connectivity index (χ2v) is 9.14. The zero-order chi connectivity index (χ0) is 21.1. The third-order valence-corrected chi connectivity index (χ3v) is 7.20. The summed E-state index contributed by atoms with van der Waals surface area (Å²) in [6.07, 6.45) is -0.0697. The summed E-state index contributed by atoms with van der Waals surface area (Å²) in [4.78, 5) is 6.32. The molecule has 1 saturated heterocycles. The van der Waals surface area contributed by atoms with Crippen molar-refractivity contribution < 1.29 is 18.3 Å². The van der Waals surface area contributed by atoms with Gasteiger partial charge in [-0.3, -0.25) is 0 Å². The van der Waals surface area contributed by atoms with Gasteiger partial charge in [0.25, 0.3) is 0 Å². The molecule has 0 atom stereocenters. The van der Waals surface area contributed by atoms with Crippen molar-refractivity contribution >= 4 is 48.0 Å². The predicted octanol–water partition coefficient (Wildman–Crippen LogP) is 6.64. The lowest BCUT2D eigenvalue weighted by atomic mass is 9.92. The van der Waals surface area contributed by atoms with Gasteiger partial charge in [-0.25, -0.2) is 0 Å². The van der Waals surface area contributed by atoms with Gasteiger partial charge in [-0.2, -0.15) is 13.2 Å². The number of halogens is 5.